The maximum absolute atomic E-state index is 11.7. The molecule has 3 fully saturated rings. The predicted molar refractivity (Wildman–Crippen MR) is 130 cm³/mol. The van der Waals surface area contributed by atoms with Gasteiger partial charge < -0.3 is 25.0 Å². The number of piperidine rings is 1. The fourth-order valence-electron chi connectivity index (χ4n) is 5.48. The molecule has 3 heterocycles. The number of hydrogen-bond donors (Lipinski definition) is 2. The molecule has 3 saturated heterocycles. The Bertz CT molecular complexity index is 825. The van der Waals surface area contributed by atoms with E-state index in [1.165, 1.54) is 5.56 Å². The number of nitrogens with zero attached hydrogens (tertiary/aromatic N) is 3. The molecular formula is C26H40N4O4. The summed E-state index contributed by atoms with van der Waals surface area (Å²) in [5, 5.41) is 14.2. The van der Waals surface area contributed by atoms with Crippen LogP contribution in [0.15, 0.2) is 24.3 Å². The van der Waals surface area contributed by atoms with Crippen molar-refractivity contribution >= 4 is 11.8 Å². The van der Waals surface area contributed by atoms with Crippen LogP contribution < -0.4 is 10.1 Å². The highest BCUT2D eigenvalue weighted by Gasteiger charge is 2.38. The summed E-state index contributed by atoms with van der Waals surface area (Å²) in [5.74, 6) is 1.17. The maximum Gasteiger partial charge on any atom is 0.222 e. The van der Waals surface area contributed by atoms with Crippen LogP contribution in [0.3, 0.4) is 0 Å². The molecule has 0 bridgehead atoms. The first kappa shape index (κ1) is 24.9. The molecule has 2 N–H and O–H groups in total. The van der Waals surface area contributed by atoms with Crippen LogP contribution in [-0.4, -0.2) is 95.7 Å². The molecule has 0 radical (unpaired) electrons. The van der Waals surface area contributed by atoms with Crippen molar-refractivity contribution in [3.8, 4) is 5.75 Å². The molecule has 0 unspecified atom stereocenters. The Balaban J connectivity index is 1.15. The van der Waals surface area contributed by atoms with Crippen LogP contribution in [0.2, 0.25) is 0 Å². The Kier molecular flexibility index (Phi) is 8.45. The summed E-state index contributed by atoms with van der Waals surface area (Å²) >= 11 is 0. The number of nitrogens with one attached hydrogen (secondary N) is 1. The summed E-state index contributed by atoms with van der Waals surface area (Å²) in [6.45, 7) is 8.80. The number of likely N-dealkylation sites (tertiary alicyclic amines) is 3. The Morgan fingerprint density at radius 2 is 1.91 bits per heavy atom. The zero-order valence-corrected chi connectivity index (χ0v) is 20.5. The van der Waals surface area contributed by atoms with Gasteiger partial charge in [-0.3, -0.25) is 14.5 Å². The third kappa shape index (κ3) is 7.17. The fourth-order valence-corrected chi connectivity index (χ4v) is 5.48. The molecular weight excluding hydrogens is 432 g/mol. The van der Waals surface area contributed by atoms with Gasteiger partial charge in [0.05, 0.1) is 12.2 Å². The van der Waals surface area contributed by atoms with Crippen molar-refractivity contribution < 1.29 is 19.4 Å². The lowest BCUT2D eigenvalue weighted by molar-refractivity contribution is -0.127. The van der Waals surface area contributed by atoms with E-state index in [1.807, 2.05) is 17.0 Å². The Hall–Kier alpha value is -2.16. The number of aliphatic hydroxyl groups is 1. The summed E-state index contributed by atoms with van der Waals surface area (Å²) in [6.07, 6.45) is 5.21. The minimum absolute atomic E-state index is 0.0401. The number of β-amino-alcohol motifs (C(OH)–C–C–N with tert-alkyl or cyclic N) is 1. The van der Waals surface area contributed by atoms with Gasteiger partial charge in [-0.25, -0.2) is 0 Å². The van der Waals surface area contributed by atoms with E-state index in [0.717, 1.165) is 77.1 Å². The van der Waals surface area contributed by atoms with Crippen molar-refractivity contribution in [1.29, 1.82) is 0 Å². The first-order valence-electron chi connectivity index (χ1n) is 12.8. The summed E-state index contributed by atoms with van der Waals surface area (Å²) < 4.78 is 5.85. The van der Waals surface area contributed by atoms with Crippen LogP contribution >= 0.6 is 0 Å². The SMILES string of the molecule is CC(=O)NC1CCN(C[C@]2(O)CCN(Cc3ccc(OCCCN4CCCC4=O)cc3)C2)CC1. The summed E-state index contributed by atoms with van der Waals surface area (Å²) in [4.78, 5) is 29.5. The molecule has 34 heavy (non-hydrogen) atoms. The molecule has 3 aliphatic heterocycles. The van der Waals surface area contributed by atoms with E-state index in [1.54, 1.807) is 6.92 Å². The van der Waals surface area contributed by atoms with Crippen molar-refractivity contribution in [2.75, 3.05) is 52.4 Å². The average molecular weight is 473 g/mol. The molecule has 2 amide bonds. The Morgan fingerprint density at radius 1 is 1.15 bits per heavy atom. The van der Waals surface area contributed by atoms with Crippen LogP contribution in [-0.2, 0) is 16.1 Å². The minimum Gasteiger partial charge on any atom is -0.494 e. The molecule has 0 aromatic heterocycles. The summed E-state index contributed by atoms with van der Waals surface area (Å²) in [7, 11) is 0. The van der Waals surface area contributed by atoms with Crippen molar-refractivity contribution in [3.63, 3.8) is 0 Å². The molecule has 0 saturated carbocycles. The van der Waals surface area contributed by atoms with Gasteiger partial charge >= 0.3 is 0 Å². The first-order chi connectivity index (χ1) is 16.4. The second kappa shape index (κ2) is 11.5. The third-order valence-electron chi connectivity index (χ3n) is 7.27. The van der Waals surface area contributed by atoms with E-state index in [0.29, 0.717) is 26.1 Å². The Labute approximate surface area is 203 Å². The van der Waals surface area contributed by atoms with Gasteiger partial charge in [0.1, 0.15) is 5.75 Å². The number of rotatable bonds is 10. The Morgan fingerprint density at radius 3 is 2.59 bits per heavy atom. The highest BCUT2D eigenvalue weighted by Crippen LogP contribution is 2.26. The molecule has 188 valence electrons. The van der Waals surface area contributed by atoms with Gasteiger partial charge in [0.15, 0.2) is 0 Å². The largest absolute Gasteiger partial charge is 0.494 e. The second-order valence-electron chi connectivity index (χ2n) is 10.3. The highest BCUT2D eigenvalue weighted by atomic mass is 16.5. The van der Waals surface area contributed by atoms with Gasteiger partial charge in [0, 0.05) is 71.7 Å². The number of amides is 2. The highest BCUT2D eigenvalue weighted by molar-refractivity contribution is 5.78. The quantitative estimate of drug-likeness (QED) is 0.504. The smallest absolute Gasteiger partial charge is 0.222 e. The van der Waals surface area contributed by atoms with Gasteiger partial charge in [-0.15, -0.1) is 0 Å². The van der Waals surface area contributed by atoms with Gasteiger partial charge in [-0.05, 0) is 49.8 Å². The molecule has 8 nitrogen and oxygen atoms in total. The van der Waals surface area contributed by atoms with E-state index in [2.05, 4.69) is 27.2 Å². The minimum atomic E-state index is -0.666. The van der Waals surface area contributed by atoms with E-state index in [9.17, 15) is 14.7 Å². The molecule has 1 aromatic carbocycles. The maximum atomic E-state index is 11.7. The molecule has 0 spiro atoms. The van der Waals surface area contributed by atoms with Crippen molar-refractivity contribution in [2.45, 2.75) is 63.6 Å². The van der Waals surface area contributed by atoms with Gasteiger partial charge in [-0.2, -0.15) is 0 Å². The first-order valence-corrected chi connectivity index (χ1v) is 12.8. The topological polar surface area (TPSA) is 85.3 Å². The number of carbonyl (C=O) groups excluding carboxylic acids is 2. The predicted octanol–water partition coefficient (Wildman–Crippen LogP) is 1.62. The third-order valence-corrected chi connectivity index (χ3v) is 7.27. The number of ether oxygens (including phenoxy) is 1. The van der Waals surface area contributed by atoms with Gasteiger partial charge in [-0.1, -0.05) is 12.1 Å². The van der Waals surface area contributed by atoms with Crippen LogP contribution in [0, 0.1) is 0 Å². The monoisotopic (exact) mass is 472 g/mol. The molecule has 3 aliphatic rings. The lowest BCUT2D eigenvalue weighted by Gasteiger charge is -2.36. The number of benzene rings is 1. The molecule has 1 atom stereocenters. The van der Waals surface area contributed by atoms with Crippen molar-refractivity contribution in [2.24, 2.45) is 0 Å². The van der Waals surface area contributed by atoms with E-state index in [4.69, 9.17) is 4.74 Å². The molecule has 0 aliphatic carbocycles. The second-order valence-corrected chi connectivity index (χ2v) is 10.3. The zero-order chi connectivity index (χ0) is 24.0. The van der Waals surface area contributed by atoms with E-state index >= 15 is 0 Å². The average Bonchev–Trinajstić information content (AvgIpc) is 3.38. The van der Waals surface area contributed by atoms with E-state index in [-0.39, 0.29) is 17.9 Å². The van der Waals surface area contributed by atoms with Crippen LogP contribution in [0.1, 0.15) is 51.0 Å². The fraction of sp³-hybridized carbons (Fsp3) is 0.692. The summed E-state index contributed by atoms with van der Waals surface area (Å²) in [5.41, 5.74) is 0.552. The van der Waals surface area contributed by atoms with E-state index < -0.39 is 5.60 Å². The van der Waals surface area contributed by atoms with Crippen LogP contribution in [0.5, 0.6) is 5.75 Å². The zero-order valence-electron chi connectivity index (χ0n) is 20.5. The standard InChI is InChI=1S/C26H40N4O4/c1-21(31)27-23-9-14-28(15-10-23)19-26(33)11-16-29(20-26)18-22-5-7-24(8-6-22)34-17-3-13-30-12-2-4-25(30)32/h5-8,23,33H,2-4,9-20H2,1H3,(H,27,31)/t26-/m1/s1. The van der Waals surface area contributed by atoms with Crippen LogP contribution in [0.4, 0.5) is 0 Å². The molecule has 4 rings (SSSR count). The van der Waals surface area contributed by atoms with Gasteiger partial charge in [0.25, 0.3) is 0 Å². The lowest BCUT2D eigenvalue weighted by atomic mass is 9.99. The van der Waals surface area contributed by atoms with Gasteiger partial charge in [0.2, 0.25) is 11.8 Å². The van der Waals surface area contributed by atoms with Crippen LogP contribution in [0.25, 0.3) is 0 Å². The molecule has 1 aromatic rings. The lowest BCUT2D eigenvalue weighted by Crippen LogP contribution is -2.50. The van der Waals surface area contributed by atoms with Crippen molar-refractivity contribution in [1.82, 2.24) is 20.0 Å². The number of hydrogen-bond acceptors (Lipinski definition) is 6. The normalized spacial score (nSPS) is 24.6. The number of carbonyl (C=O) groups is 2. The van der Waals surface area contributed by atoms with Crippen molar-refractivity contribution in [3.05, 3.63) is 29.8 Å². The molecule has 8 heteroatoms. The summed E-state index contributed by atoms with van der Waals surface area (Å²) in [6, 6.07) is 8.49.